The van der Waals surface area contributed by atoms with E-state index in [1.54, 1.807) is 12.1 Å². The molecule has 0 radical (unpaired) electrons. The molecule has 108 valence electrons. The number of hydrogen-bond donors (Lipinski definition) is 2. The highest BCUT2D eigenvalue weighted by atomic mass is 32.1. The molecule has 2 nitrogen and oxygen atoms in total. The summed E-state index contributed by atoms with van der Waals surface area (Å²) >= 11 is 5.36. The van der Waals surface area contributed by atoms with Crippen LogP contribution in [-0.4, -0.2) is 5.11 Å². The molecule has 0 spiro atoms. The molecule has 4 heteroatoms. The van der Waals surface area contributed by atoms with E-state index in [9.17, 15) is 4.39 Å². The van der Waals surface area contributed by atoms with Crippen molar-refractivity contribution in [1.29, 1.82) is 0 Å². The molecule has 1 aliphatic carbocycles. The third kappa shape index (κ3) is 3.39. The second-order valence-corrected chi connectivity index (χ2v) is 5.66. The molecule has 0 unspecified atom stereocenters. The topological polar surface area (TPSA) is 24.1 Å². The number of rotatable bonds is 2. The van der Waals surface area contributed by atoms with E-state index < -0.39 is 0 Å². The number of benzene rings is 2. The van der Waals surface area contributed by atoms with Gasteiger partial charge in [-0.05, 0) is 66.9 Å². The molecule has 21 heavy (non-hydrogen) atoms. The van der Waals surface area contributed by atoms with Crippen molar-refractivity contribution in [1.82, 2.24) is 5.32 Å². The van der Waals surface area contributed by atoms with Crippen molar-refractivity contribution in [2.75, 3.05) is 5.32 Å². The van der Waals surface area contributed by atoms with Crippen molar-refractivity contribution in [3.8, 4) is 0 Å². The van der Waals surface area contributed by atoms with E-state index in [0.29, 0.717) is 5.11 Å². The molecule has 0 saturated carbocycles. The lowest BCUT2D eigenvalue weighted by molar-refractivity contribution is 0.529. The normalized spacial score (nSPS) is 16.9. The number of thiocarbonyl (C=S) groups is 1. The molecular formula is C17H17FN2S. The summed E-state index contributed by atoms with van der Waals surface area (Å²) < 4.78 is 12.9. The average Bonchev–Trinajstić information content (AvgIpc) is 2.50. The third-order valence-corrected chi connectivity index (χ3v) is 4.00. The molecule has 3 rings (SSSR count). The average molecular weight is 300 g/mol. The van der Waals surface area contributed by atoms with E-state index >= 15 is 0 Å². The van der Waals surface area contributed by atoms with Crippen molar-refractivity contribution < 1.29 is 4.39 Å². The van der Waals surface area contributed by atoms with Crippen LogP contribution in [0.4, 0.5) is 10.1 Å². The van der Waals surface area contributed by atoms with Crippen LogP contribution in [0.2, 0.25) is 0 Å². The van der Waals surface area contributed by atoms with Gasteiger partial charge in [0.2, 0.25) is 0 Å². The van der Waals surface area contributed by atoms with E-state index in [0.717, 1.165) is 24.9 Å². The maximum Gasteiger partial charge on any atom is 0.171 e. The summed E-state index contributed by atoms with van der Waals surface area (Å²) in [5, 5.41) is 7.04. The fourth-order valence-corrected chi connectivity index (χ4v) is 3.02. The monoisotopic (exact) mass is 300 g/mol. The first-order valence-electron chi connectivity index (χ1n) is 7.13. The van der Waals surface area contributed by atoms with Gasteiger partial charge in [0.05, 0.1) is 6.04 Å². The van der Waals surface area contributed by atoms with Gasteiger partial charge in [0.15, 0.2) is 5.11 Å². The summed E-state index contributed by atoms with van der Waals surface area (Å²) in [6, 6.07) is 14.9. The summed E-state index contributed by atoms with van der Waals surface area (Å²) in [4.78, 5) is 0. The molecule has 0 amide bonds. The Morgan fingerprint density at radius 1 is 1.10 bits per heavy atom. The molecule has 0 aliphatic heterocycles. The van der Waals surface area contributed by atoms with E-state index in [2.05, 4.69) is 34.9 Å². The Balaban J connectivity index is 1.67. The Hall–Kier alpha value is -1.94. The quantitative estimate of drug-likeness (QED) is 0.813. The number of hydrogen-bond acceptors (Lipinski definition) is 1. The summed E-state index contributed by atoms with van der Waals surface area (Å²) in [6.45, 7) is 0. The number of nitrogens with one attached hydrogen (secondary N) is 2. The number of halogens is 1. The van der Waals surface area contributed by atoms with Gasteiger partial charge in [-0.3, -0.25) is 0 Å². The van der Waals surface area contributed by atoms with Crippen LogP contribution in [0.3, 0.4) is 0 Å². The lowest BCUT2D eigenvalue weighted by Crippen LogP contribution is -2.34. The fraction of sp³-hybridized carbons (Fsp3) is 0.235. The van der Waals surface area contributed by atoms with Crippen LogP contribution >= 0.6 is 12.2 Å². The largest absolute Gasteiger partial charge is 0.356 e. The third-order valence-electron chi connectivity index (χ3n) is 3.78. The van der Waals surface area contributed by atoms with Crippen molar-refractivity contribution in [2.24, 2.45) is 0 Å². The molecular weight excluding hydrogens is 283 g/mol. The van der Waals surface area contributed by atoms with Crippen LogP contribution in [0, 0.1) is 5.82 Å². The zero-order valence-corrected chi connectivity index (χ0v) is 12.4. The van der Waals surface area contributed by atoms with Gasteiger partial charge in [-0.2, -0.15) is 0 Å². The maximum absolute atomic E-state index is 12.9. The van der Waals surface area contributed by atoms with Gasteiger partial charge < -0.3 is 10.6 Å². The standard InChI is InChI=1S/C17H17FN2S/c18-13-8-10-14(11-9-13)19-17(21)20-16-7-3-5-12-4-1-2-6-15(12)16/h1-2,4,6,8-11,16H,3,5,7H2,(H2,19,20,21)/t16-/m0/s1. The maximum atomic E-state index is 12.9. The minimum atomic E-state index is -0.249. The second kappa shape index (κ2) is 6.22. The highest BCUT2D eigenvalue weighted by Gasteiger charge is 2.20. The van der Waals surface area contributed by atoms with Gasteiger partial charge in [0.25, 0.3) is 0 Å². The van der Waals surface area contributed by atoms with Crippen LogP contribution in [0.5, 0.6) is 0 Å². The van der Waals surface area contributed by atoms with Crippen LogP contribution in [0.25, 0.3) is 0 Å². The Kier molecular flexibility index (Phi) is 4.15. The first-order valence-corrected chi connectivity index (χ1v) is 7.54. The molecule has 0 fully saturated rings. The van der Waals surface area contributed by atoms with E-state index in [1.165, 1.54) is 23.3 Å². The van der Waals surface area contributed by atoms with Gasteiger partial charge >= 0.3 is 0 Å². The number of aryl methyl sites for hydroxylation is 1. The Morgan fingerprint density at radius 2 is 1.86 bits per heavy atom. The number of fused-ring (bicyclic) bond motifs is 1. The Labute approximate surface area is 129 Å². The van der Waals surface area contributed by atoms with E-state index in [-0.39, 0.29) is 11.9 Å². The molecule has 1 aliphatic rings. The van der Waals surface area contributed by atoms with Crippen molar-refractivity contribution in [3.63, 3.8) is 0 Å². The molecule has 2 N–H and O–H groups in total. The minimum absolute atomic E-state index is 0.246. The zero-order valence-electron chi connectivity index (χ0n) is 11.6. The molecule has 2 aromatic rings. The fourth-order valence-electron chi connectivity index (χ4n) is 2.76. The predicted molar refractivity (Wildman–Crippen MR) is 87.9 cm³/mol. The Bertz CT molecular complexity index is 639. The lowest BCUT2D eigenvalue weighted by Gasteiger charge is -2.27. The van der Waals surface area contributed by atoms with Crippen molar-refractivity contribution >= 4 is 23.0 Å². The van der Waals surface area contributed by atoms with Crippen LogP contribution in [-0.2, 0) is 6.42 Å². The SMILES string of the molecule is Fc1ccc(NC(=S)N[C@H]2CCCc3ccccc32)cc1. The Morgan fingerprint density at radius 3 is 2.67 bits per heavy atom. The van der Waals surface area contributed by atoms with Crippen molar-refractivity contribution in [3.05, 3.63) is 65.5 Å². The first-order chi connectivity index (χ1) is 10.2. The summed E-state index contributed by atoms with van der Waals surface area (Å²) in [6.07, 6.45) is 3.36. The summed E-state index contributed by atoms with van der Waals surface area (Å²) in [5.41, 5.74) is 3.51. The van der Waals surface area contributed by atoms with Gasteiger partial charge in [-0.1, -0.05) is 24.3 Å². The van der Waals surface area contributed by atoms with E-state index in [4.69, 9.17) is 12.2 Å². The van der Waals surface area contributed by atoms with E-state index in [1.807, 2.05) is 0 Å². The molecule has 0 bridgehead atoms. The second-order valence-electron chi connectivity index (χ2n) is 5.25. The van der Waals surface area contributed by atoms with Crippen LogP contribution in [0.1, 0.15) is 30.0 Å². The summed E-state index contributed by atoms with van der Waals surface area (Å²) in [5.74, 6) is -0.249. The lowest BCUT2D eigenvalue weighted by atomic mass is 9.88. The van der Waals surface area contributed by atoms with Gasteiger partial charge in [0.1, 0.15) is 5.82 Å². The highest BCUT2D eigenvalue weighted by molar-refractivity contribution is 7.80. The minimum Gasteiger partial charge on any atom is -0.356 e. The van der Waals surface area contributed by atoms with Gasteiger partial charge in [0, 0.05) is 5.69 Å². The summed E-state index contributed by atoms with van der Waals surface area (Å²) in [7, 11) is 0. The van der Waals surface area contributed by atoms with Crippen LogP contribution < -0.4 is 10.6 Å². The van der Waals surface area contributed by atoms with Crippen molar-refractivity contribution in [2.45, 2.75) is 25.3 Å². The first kappa shape index (κ1) is 14.0. The van der Waals surface area contributed by atoms with Crippen LogP contribution in [0.15, 0.2) is 48.5 Å². The van der Waals surface area contributed by atoms with Gasteiger partial charge in [-0.25, -0.2) is 4.39 Å². The highest BCUT2D eigenvalue weighted by Crippen LogP contribution is 2.29. The predicted octanol–water partition coefficient (Wildman–Crippen LogP) is 4.19. The molecule has 0 aromatic heterocycles. The molecule has 1 atom stereocenters. The van der Waals surface area contributed by atoms with Gasteiger partial charge in [-0.15, -0.1) is 0 Å². The zero-order chi connectivity index (χ0) is 14.7. The molecule has 0 heterocycles. The number of anilines is 1. The molecule has 0 saturated heterocycles. The smallest absolute Gasteiger partial charge is 0.171 e. The molecule has 2 aromatic carbocycles.